The highest BCUT2D eigenvalue weighted by Crippen LogP contribution is 2.42. The summed E-state index contributed by atoms with van der Waals surface area (Å²) in [5.74, 6) is -0.941. The molecule has 0 radical (unpaired) electrons. The molecule has 4 nitrogen and oxygen atoms in total. The summed E-state index contributed by atoms with van der Waals surface area (Å²) >= 11 is 0. The van der Waals surface area contributed by atoms with Crippen molar-refractivity contribution in [1.29, 1.82) is 0 Å². The van der Waals surface area contributed by atoms with E-state index < -0.39 is 11.2 Å². The van der Waals surface area contributed by atoms with Crippen molar-refractivity contribution in [2.75, 3.05) is 24.6 Å². The van der Waals surface area contributed by atoms with Gasteiger partial charge in [-0.05, 0) is 38.3 Å². The van der Waals surface area contributed by atoms with E-state index in [1.54, 1.807) is 19.1 Å². The predicted octanol–water partition coefficient (Wildman–Crippen LogP) is 3.44. The lowest BCUT2D eigenvalue weighted by molar-refractivity contribution is -0.156. The second-order valence-electron chi connectivity index (χ2n) is 6.39. The molecule has 1 atom stereocenters. The molecule has 1 aromatic carbocycles. The molecule has 0 amide bonds. The number of ketones is 1. The lowest BCUT2D eigenvalue weighted by Gasteiger charge is -2.31. The molecule has 1 aliphatic heterocycles. The summed E-state index contributed by atoms with van der Waals surface area (Å²) in [6.07, 6.45) is 0.636. The average Bonchev–Trinajstić information content (AvgIpc) is 2.93. The van der Waals surface area contributed by atoms with Crippen molar-refractivity contribution < 1.29 is 18.7 Å². The number of nitrogens with zero attached hydrogens (tertiary/aromatic N) is 1. The Hall–Kier alpha value is -1.91. The highest BCUT2D eigenvalue weighted by molar-refractivity contribution is 6.00. The van der Waals surface area contributed by atoms with Gasteiger partial charge >= 0.3 is 5.97 Å². The zero-order chi connectivity index (χ0) is 17.2. The SMILES string of the molecule is CCOC(=O)C1(C(C)C)CCN(c2cccc(F)c2C(C)=O)C1. The Balaban J connectivity index is 2.37. The number of benzene rings is 1. The van der Waals surface area contributed by atoms with Crippen LogP contribution in [0.3, 0.4) is 0 Å². The first kappa shape index (κ1) is 17.4. The molecule has 0 bridgehead atoms. The number of rotatable bonds is 5. The molecule has 1 heterocycles. The normalized spacial score (nSPS) is 20.9. The van der Waals surface area contributed by atoms with Crippen molar-refractivity contribution in [3.8, 4) is 0 Å². The number of hydrogen-bond acceptors (Lipinski definition) is 4. The van der Waals surface area contributed by atoms with Crippen LogP contribution in [0.4, 0.5) is 10.1 Å². The van der Waals surface area contributed by atoms with Crippen LogP contribution in [0.5, 0.6) is 0 Å². The van der Waals surface area contributed by atoms with Crippen LogP contribution in [-0.2, 0) is 9.53 Å². The number of carbonyl (C=O) groups is 2. The molecule has 1 aromatic rings. The smallest absolute Gasteiger partial charge is 0.314 e. The van der Waals surface area contributed by atoms with Gasteiger partial charge in [-0.15, -0.1) is 0 Å². The molecular weight excluding hydrogens is 297 g/mol. The first-order chi connectivity index (χ1) is 10.8. The number of esters is 1. The van der Waals surface area contributed by atoms with Crippen LogP contribution in [0.2, 0.25) is 0 Å². The number of Topliss-reactive ketones (excluding diaryl/α,β-unsaturated/α-hetero) is 1. The molecular formula is C18H24FNO3. The molecule has 0 saturated carbocycles. The Labute approximate surface area is 136 Å². The van der Waals surface area contributed by atoms with E-state index in [2.05, 4.69) is 0 Å². The molecule has 1 fully saturated rings. The van der Waals surface area contributed by atoms with Gasteiger partial charge in [-0.25, -0.2) is 4.39 Å². The molecule has 1 aliphatic rings. The van der Waals surface area contributed by atoms with E-state index in [-0.39, 0.29) is 23.2 Å². The van der Waals surface area contributed by atoms with Gasteiger partial charge in [0.2, 0.25) is 0 Å². The molecule has 23 heavy (non-hydrogen) atoms. The number of ether oxygens (including phenoxy) is 1. The Morgan fingerprint density at radius 1 is 1.39 bits per heavy atom. The van der Waals surface area contributed by atoms with Crippen molar-refractivity contribution >= 4 is 17.4 Å². The Morgan fingerprint density at radius 2 is 2.09 bits per heavy atom. The zero-order valence-corrected chi connectivity index (χ0v) is 14.2. The van der Waals surface area contributed by atoms with E-state index >= 15 is 0 Å². The van der Waals surface area contributed by atoms with Gasteiger partial charge in [0, 0.05) is 13.1 Å². The van der Waals surface area contributed by atoms with Gasteiger partial charge in [0.25, 0.3) is 0 Å². The predicted molar refractivity (Wildman–Crippen MR) is 87.1 cm³/mol. The van der Waals surface area contributed by atoms with E-state index in [0.717, 1.165) is 0 Å². The van der Waals surface area contributed by atoms with Crippen LogP contribution in [0, 0.1) is 17.2 Å². The molecule has 1 saturated heterocycles. The molecule has 0 aromatic heterocycles. The van der Waals surface area contributed by atoms with Crippen molar-refractivity contribution in [2.45, 2.75) is 34.1 Å². The number of hydrogen-bond donors (Lipinski definition) is 0. The maximum Gasteiger partial charge on any atom is 0.314 e. The van der Waals surface area contributed by atoms with E-state index in [0.29, 0.717) is 31.8 Å². The fourth-order valence-corrected chi connectivity index (χ4v) is 3.31. The topological polar surface area (TPSA) is 46.6 Å². The van der Waals surface area contributed by atoms with E-state index in [1.807, 2.05) is 18.7 Å². The van der Waals surface area contributed by atoms with Gasteiger partial charge in [-0.2, -0.15) is 0 Å². The largest absolute Gasteiger partial charge is 0.466 e. The minimum Gasteiger partial charge on any atom is -0.466 e. The number of carbonyl (C=O) groups excluding carboxylic acids is 2. The molecule has 126 valence electrons. The Bertz CT molecular complexity index is 614. The monoisotopic (exact) mass is 321 g/mol. The third kappa shape index (κ3) is 3.09. The number of anilines is 1. The van der Waals surface area contributed by atoms with Gasteiger partial charge in [0.15, 0.2) is 5.78 Å². The summed E-state index contributed by atoms with van der Waals surface area (Å²) < 4.78 is 19.3. The fourth-order valence-electron chi connectivity index (χ4n) is 3.31. The highest BCUT2D eigenvalue weighted by atomic mass is 19.1. The zero-order valence-electron chi connectivity index (χ0n) is 14.2. The molecule has 0 spiro atoms. The average molecular weight is 321 g/mol. The lowest BCUT2D eigenvalue weighted by atomic mass is 9.76. The van der Waals surface area contributed by atoms with E-state index in [4.69, 9.17) is 4.74 Å². The Kier molecular flexibility index (Phi) is 5.07. The summed E-state index contributed by atoms with van der Waals surface area (Å²) in [4.78, 5) is 26.2. The minimum absolute atomic E-state index is 0.0934. The second kappa shape index (κ2) is 6.69. The molecule has 0 N–H and O–H groups in total. The summed E-state index contributed by atoms with van der Waals surface area (Å²) in [5, 5.41) is 0. The van der Waals surface area contributed by atoms with Gasteiger partial charge in [-0.1, -0.05) is 19.9 Å². The van der Waals surface area contributed by atoms with Crippen LogP contribution in [-0.4, -0.2) is 31.4 Å². The van der Waals surface area contributed by atoms with Gasteiger partial charge in [0.1, 0.15) is 5.82 Å². The van der Waals surface area contributed by atoms with Crippen molar-refractivity contribution in [3.05, 3.63) is 29.6 Å². The summed E-state index contributed by atoms with van der Waals surface area (Å²) in [6.45, 7) is 8.52. The van der Waals surface area contributed by atoms with E-state index in [9.17, 15) is 14.0 Å². The van der Waals surface area contributed by atoms with Gasteiger partial charge in [0.05, 0.1) is 23.3 Å². The first-order valence-electron chi connectivity index (χ1n) is 8.05. The maximum absolute atomic E-state index is 14.0. The van der Waals surface area contributed by atoms with E-state index in [1.165, 1.54) is 13.0 Å². The van der Waals surface area contributed by atoms with Crippen molar-refractivity contribution in [1.82, 2.24) is 0 Å². The van der Waals surface area contributed by atoms with Crippen LogP contribution >= 0.6 is 0 Å². The minimum atomic E-state index is -0.615. The quantitative estimate of drug-likeness (QED) is 0.615. The second-order valence-corrected chi connectivity index (χ2v) is 6.39. The van der Waals surface area contributed by atoms with Crippen LogP contribution < -0.4 is 4.90 Å². The number of halogens is 1. The summed E-state index contributed by atoms with van der Waals surface area (Å²) in [6, 6.07) is 4.62. The van der Waals surface area contributed by atoms with Gasteiger partial charge < -0.3 is 9.64 Å². The van der Waals surface area contributed by atoms with Crippen LogP contribution in [0.15, 0.2) is 18.2 Å². The molecule has 2 rings (SSSR count). The van der Waals surface area contributed by atoms with Gasteiger partial charge in [-0.3, -0.25) is 9.59 Å². The maximum atomic E-state index is 14.0. The highest BCUT2D eigenvalue weighted by Gasteiger charge is 2.48. The Morgan fingerprint density at radius 3 is 2.65 bits per heavy atom. The molecule has 1 unspecified atom stereocenters. The fraction of sp³-hybridized carbons (Fsp3) is 0.556. The van der Waals surface area contributed by atoms with Crippen molar-refractivity contribution in [2.24, 2.45) is 11.3 Å². The van der Waals surface area contributed by atoms with Crippen LogP contribution in [0.1, 0.15) is 44.5 Å². The summed E-state index contributed by atoms with van der Waals surface area (Å²) in [5.41, 5.74) is 0.0383. The first-order valence-corrected chi connectivity index (χ1v) is 8.05. The third-order valence-corrected chi connectivity index (χ3v) is 4.77. The third-order valence-electron chi connectivity index (χ3n) is 4.77. The lowest BCUT2D eigenvalue weighted by Crippen LogP contribution is -2.41. The van der Waals surface area contributed by atoms with Crippen molar-refractivity contribution in [3.63, 3.8) is 0 Å². The molecule has 5 heteroatoms. The standard InChI is InChI=1S/C18H24FNO3/c1-5-23-17(22)18(12(2)3)9-10-20(11-18)15-8-6-7-14(19)16(15)13(4)21/h6-8,12H,5,9-11H2,1-4H3. The van der Waals surface area contributed by atoms with Crippen LogP contribution in [0.25, 0.3) is 0 Å². The molecule has 0 aliphatic carbocycles. The summed E-state index contributed by atoms with van der Waals surface area (Å²) in [7, 11) is 0.